The molecule has 0 aliphatic carbocycles. The van der Waals surface area contributed by atoms with Crippen LogP contribution in [0.4, 0.5) is 5.69 Å². The van der Waals surface area contributed by atoms with E-state index in [0.717, 1.165) is 19.9 Å². The van der Waals surface area contributed by atoms with Gasteiger partial charge in [-0.25, -0.2) is 8.42 Å². The zero-order valence-corrected chi connectivity index (χ0v) is 28.6. The second-order valence-electron chi connectivity index (χ2n) is 11.2. The van der Waals surface area contributed by atoms with E-state index >= 15 is 0 Å². The van der Waals surface area contributed by atoms with Crippen molar-refractivity contribution in [2.45, 2.75) is 44.7 Å². The summed E-state index contributed by atoms with van der Waals surface area (Å²) in [6.45, 7) is 5.74. The number of carbonyl (C=O) groups excluding carboxylic acids is 2. The number of aryl methyl sites for hydroxylation is 1. The number of amides is 2. The van der Waals surface area contributed by atoms with Crippen molar-refractivity contribution >= 4 is 55.1 Å². The first kappa shape index (κ1) is 34.2. The molecule has 0 heterocycles. The molecule has 45 heavy (non-hydrogen) atoms. The summed E-state index contributed by atoms with van der Waals surface area (Å²) in [5, 5.41) is 3.33. The normalized spacial score (nSPS) is 12.0. The van der Waals surface area contributed by atoms with Crippen molar-refractivity contribution in [2.75, 3.05) is 17.4 Å². The second-order valence-corrected chi connectivity index (χ2v) is 14.5. The molecule has 0 aliphatic rings. The van der Waals surface area contributed by atoms with Crippen LogP contribution in [0.3, 0.4) is 0 Å². The molecule has 7 nitrogen and oxygen atoms in total. The van der Waals surface area contributed by atoms with Gasteiger partial charge >= 0.3 is 0 Å². The van der Waals surface area contributed by atoms with Gasteiger partial charge in [0, 0.05) is 29.0 Å². The Morgan fingerprint density at radius 3 is 2.11 bits per heavy atom. The lowest BCUT2D eigenvalue weighted by atomic mass is 10.0. The van der Waals surface area contributed by atoms with Gasteiger partial charge in [-0.1, -0.05) is 108 Å². The highest BCUT2D eigenvalue weighted by molar-refractivity contribution is 9.10. The van der Waals surface area contributed by atoms with Crippen molar-refractivity contribution < 1.29 is 18.0 Å². The summed E-state index contributed by atoms with van der Waals surface area (Å²) in [6, 6.07) is 28.9. The molecule has 2 amide bonds. The monoisotopic (exact) mass is 709 g/mol. The Morgan fingerprint density at radius 2 is 1.49 bits per heavy atom. The molecule has 1 N–H and O–H groups in total. The molecular formula is C35H37BrClN3O4S. The SMILES string of the molecule is Cc1ccc(Cl)cc1N(CC(=O)N(Cc1ccc(Br)cc1)C(Cc1ccccc1)C(=O)NCC(C)C)S(=O)(=O)c1ccccc1. The first-order valence-corrected chi connectivity index (χ1v) is 17.3. The summed E-state index contributed by atoms with van der Waals surface area (Å²) in [6.07, 6.45) is 0.245. The van der Waals surface area contributed by atoms with Crippen LogP contribution >= 0.6 is 27.5 Å². The average molecular weight is 711 g/mol. The second kappa shape index (κ2) is 15.6. The standard InChI is InChI=1S/C35H37BrClN3O4S/c1-25(2)22-38-35(42)33(20-27-10-6-4-7-11-27)39(23-28-15-17-29(36)18-16-28)34(41)24-40(32-21-30(37)19-14-26(32)3)45(43,44)31-12-8-5-9-13-31/h4-19,21,25,33H,20,22-24H2,1-3H3,(H,38,42). The minimum absolute atomic E-state index is 0.0344. The Labute approximate surface area is 279 Å². The highest BCUT2D eigenvalue weighted by Gasteiger charge is 2.35. The summed E-state index contributed by atoms with van der Waals surface area (Å²) in [7, 11) is -4.21. The molecule has 0 radical (unpaired) electrons. The van der Waals surface area contributed by atoms with E-state index in [-0.39, 0.29) is 35.4 Å². The fourth-order valence-corrected chi connectivity index (χ4v) is 6.77. The van der Waals surface area contributed by atoms with Gasteiger partial charge in [-0.2, -0.15) is 0 Å². The van der Waals surface area contributed by atoms with E-state index in [1.807, 2.05) is 68.4 Å². The van der Waals surface area contributed by atoms with Crippen molar-refractivity contribution in [1.29, 1.82) is 0 Å². The lowest BCUT2D eigenvalue weighted by molar-refractivity contribution is -0.140. The number of benzene rings is 4. The molecule has 4 aromatic carbocycles. The highest BCUT2D eigenvalue weighted by Crippen LogP contribution is 2.30. The Morgan fingerprint density at radius 1 is 0.867 bits per heavy atom. The van der Waals surface area contributed by atoms with Gasteiger partial charge in [0.25, 0.3) is 10.0 Å². The largest absolute Gasteiger partial charge is 0.354 e. The van der Waals surface area contributed by atoms with Gasteiger partial charge in [0.05, 0.1) is 10.6 Å². The molecule has 1 atom stereocenters. The molecule has 10 heteroatoms. The Hall–Kier alpha value is -3.66. The average Bonchev–Trinajstić information content (AvgIpc) is 3.03. The summed E-state index contributed by atoms with van der Waals surface area (Å²) >= 11 is 9.80. The number of nitrogens with zero attached hydrogens (tertiary/aromatic N) is 2. The molecule has 0 spiro atoms. The lowest BCUT2D eigenvalue weighted by Crippen LogP contribution is -2.53. The van der Waals surface area contributed by atoms with Gasteiger partial charge < -0.3 is 10.2 Å². The first-order valence-electron chi connectivity index (χ1n) is 14.6. The molecule has 0 aliphatic heterocycles. The van der Waals surface area contributed by atoms with Gasteiger partial charge in [-0.15, -0.1) is 0 Å². The molecule has 0 saturated carbocycles. The molecule has 4 rings (SSSR count). The van der Waals surface area contributed by atoms with Gasteiger partial charge in [0.2, 0.25) is 11.8 Å². The maximum atomic E-state index is 14.5. The molecule has 0 aromatic heterocycles. The van der Waals surface area contributed by atoms with Crippen LogP contribution in [-0.2, 0) is 32.6 Å². The van der Waals surface area contributed by atoms with Gasteiger partial charge in [-0.3, -0.25) is 13.9 Å². The fraction of sp³-hybridized carbons (Fsp3) is 0.257. The predicted octanol–water partition coefficient (Wildman–Crippen LogP) is 7.02. The number of anilines is 1. The number of carbonyl (C=O) groups is 2. The van der Waals surface area contributed by atoms with Crippen molar-refractivity contribution in [1.82, 2.24) is 10.2 Å². The zero-order chi connectivity index (χ0) is 32.6. The van der Waals surface area contributed by atoms with Gasteiger partial charge in [0.15, 0.2) is 0 Å². The number of rotatable bonds is 13. The summed E-state index contributed by atoms with van der Waals surface area (Å²) in [5.74, 6) is -0.647. The third kappa shape index (κ3) is 9.19. The van der Waals surface area contributed by atoms with Crippen LogP contribution in [0.5, 0.6) is 0 Å². The zero-order valence-electron chi connectivity index (χ0n) is 25.5. The molecule has 4 aromatic rings. The van der Waals surface area contributed by atoms with Crippen LogP contribution < -0.4 is 9.62 Å². The van der Waals surface area contributed by atoms with Crippen LogP contribution in [0.1, 0.15) is 30.5 Å². The minimum Gasteiger partial charge on any atom is -0.354 e. The Bertz CT molecular complexity index is 1700. The van der Waals surface area contributed by atoms with Gasteiger partial charge in [-0.05, 0) is 65.9 Å². The van der Waals surface area contributed by atoms with Crippen LogP contribution in [0.25, 0.3) is 0 Å². The van der Waals surface area contributed by atoms with Crippen LogP contribution in [0, 0.1) is 12.8 Å². The van der Waals surface area contributed by atoms with Crippen molar-refractivity contribution in [3.05, 3.63) is 129 Å². The van der Waals surface area contributed by atoms with Crippen molar-refractivity contribution in [3.8, 4) is 0 Å². The third-order valence-electron chi connectivity index (χ3n) is 7.27. The molecular weight excluding hydrogens is 674 g/mol. The summed E-state index contributed by atoms with van der Waals surface area (Å²) in [4.78, 5) is 29.9. The van der Waals surface area contributed by atoms with Crippen molar-refractivity contribution in [2.24, 2.45) is 5.92 Å². The lowest BCUT2D eigenvalue weighted by Gasteiger charge is -2.34. The summed E-state index contributed by atoms with van der Waals surface area (Å²) in [5.41, 5.74) is 2.57. The number of hydrogen-bond acceptors (Lipinski definition) is 4. The van der Waals surface area contributed by atoms with Crippen LogP contribution in [0.2, 0.25) is 5.02 Å². The molecule has 0 fully saturated rings. The van der Waals surface area contributed by atoms with E-state index in [1.54, 1.807) is 43.3 Å². The van der Waals surface area contributed by atoms with E-state index in [4.69, 9.17) is 11.6 Å². The van der Waals surface area contributed by atoms with E-state index in [0.29, 0.717) is 17.1 Å². The maximum absolute atomic E-state index is 14.5. The quantitative estimate of drug-likeness (QED) is 0.162. The van der Waals surface area contributed by atoms with E-state index in [1.165, 1.54) is 17.0 Å². The topological polar surface area (TPSA) is 86.8 Å². The molecule has 236 valence electrons. The number of hydrogen-bond donors (Lipinski definition) is 1. The smallest absolute Gasteiger partial charge is 0.264 e. The number of nitrogens with one attached hydrogen (secondary N) is 1. The van der Waals surface area contributed by atoms with E-state index in [2.05, 4.69) is 21.2 Å². The third-order valence-corrected chi connectivity index (χ3v) is 9.81. The predicted molar refractivity (Wildman–Crippen MR) is 184 cm³/mol. The van der Waals surface area contributed by atoms with E-state index < -0.39 is 28.5 Å². The van der Waals surface area contributed by atoms with Crippen molar-refractivity contribution in [3.63, 3.8) is 0 Å². The minimum atomic E-state index is -4.21. The Kier molecular flexibility index (Phi) is 11.8. The van der Waals surface area contributed by atoms with Crippen LogP contribution in [0.15, 0.2) is 112 Å². The molecule has 0 bridgehead atoms. The van der Waals surface area contributed by atoms with Gasteiger partial charge in [0.1, 0.15) is 12.6 Å². The summed E-state index contributed by atoms with van der Waals surface area (Å²) < 4.78 is 30.3. The highest BCUT2D eigenvalue weighted by atomic mass is 79.9. The maximum Gasteiger partial charge on any atom is 0.264 e. The number of halogens is 2. The van der Waals surface area contributed by atoms with Crippen LogP contribution in [-0.4, -0.2) is 44.3 Å². The molecule has 1 unspecified atom stereocenters. The number of sulfonamides is 1. The Balaban J connectivity index is 1.82. The first-order chi connectivity index (χ1) is 21.5. The molecule has 0 saturated heterocycles. The fourth-order valence-electron chi connectivity index (χ4n) is 4.85. The van der Waals surface area contributed by atoms with E-state index in [9.17, 15) is 18.0 Å².